The molecule has 0 aromatic rings. The number of hydrogen-bond donors (Lipinski definition) is 0. The van der Waals surface area contributed by atoms with Gasteiger partial charge >= 0.3 is 0 Å². The molecule has 0 N–H and O–H groups in total. The monoisotopic (exact) mass is 442 g/mol. The van der Waals surface area contributed by atoms with Gasteiger partial charge in [-0.05, 0) is 11.8 Å². The van der Waals surface area contributed by atoms with Gasteiger partial charge in [-0.2, -0.15) is 0 Å². The maximum atomic E-state index is 11.2. The first kappa shape index (κ1) is 15.0. The standard InChI is InChI=1S/C9H18NO2S.U/c1-7(2)9(6-13(3,11)12)8-4-10-5-8;/h7-9H,4-6H2,1-3H3;/q-1;. The van der Waals surface area contributed by atoms with E-state index in [1.165, 1.54) is 6.26 Å². The van der Waals surface area contributed by atoms with Crippen LogP contribution in [0.4, 0.5) is 0 Å². The van der Waals surface area contributed by atoms with E-state index < -0.39 is 9.84 Å². The van der Waals surface area contributed by atoms with Crippen LogP contribution in [-0.4, -0.2) is 33.5 Å². The van der Waals surface area contributed by atoms with E-state index in [0.717, 1.165) is 13.1 Å². The summed E-state index contributed by atoms with van der Waals surface area (Å²) in [7, 11) is -2.83. The van der Waals surface area contributed by atoms with E-state index in [9.17, 15) is 8.42 Å². The molecule has 1 atom stereocenters. The summed E-state index contributed by atoms with van der Waals surface area (Å²) in [6, 6.07) is 0. The molecule has 1 fully saturated rings. The summed E-state index contributed by atoms with van der Waals surface area (Å²) in [6.07, 6.45) is 1.32. The minimum absolute atomic E-state index is 0. The van der Waals surface area contributed by atoms with Gasteiger partial charge in [0.15, 0.2) is 0 Å². The molecule has 0 aliphatic carbocycles. The van der Waals surface area contributed by atoms with Gasteiger partial charge in [-0.25, -0.2) is 8.42 Å². The summed E-state index contributed by atoms with van der Waals surface area (Å²) in [6.45, 7) is 5.90. The zero-order valence-electron chi connectivity index (χ0n) is 9.03. The topological polar surface area (TPSA) is 48.2 Å². The summed E-state index contributed by atoms with van der Waals surface area (Å²) in [5.74, 6) is 1.57. The second-order valence-electron chi connectivity index (χ2n) is 4.35. The average molecular weight is 442 g/mol. The van der Waals surface area contributed by atoms with Gasteiger partial charge in [0, 0.05) is 37.4 Å². The van der Waals surface area contributed by atoms with Gasteiger partial charge in [0.2, 0.25) is 0 Å². The fourth-order valence-electron chi connectivity index (χ4n) is 1.77. The first-order chi connectivity index (χ1) is 5.90. The Morgan fingerprint density at radius 2 is 1.86 bits per heavy atom. The Balaban J connectivity index is 0.00000169. The van der Waals surface area contributed by atoms with Crippen molar-refractivity contribution in [1.29, 1.82) is 0 Å². The summed E-state index contributed by atoms with van der Waals surface area (Å²) in [5, 5.41) is 4.14. The molecule has 3 nitrogen and oxygen atoms in total. The SMILES string of the molecule is CC(C)C(CS(C)(=O)=O)C1C[N-]C1.[U]. The normalized spacial score (nSPS) is 20.0. The third-order valence-electron chi connectivity index (χ3n) is 2.68. The molecule has 0 aromatic heterocycles. The number of sulfone groups is 1. The van der Waals surface area contributed by atoms with Crippen LogP contribution in [0.2, 0.25) is 0 Å². The minimum Gasteiger partial charge on any atom is -0.662 e. The molecule has 1 rings (SSSR count). The molecule has 0 saturated carbocycles. The van der Waals surface area contributed by atoms with Crippen LogP contribution >= 0.6 is 0 Å². The molecule has 82 valence electrons. The van der Waals surface area contributed by atoms with Crippen molar-refractivity contribution in [3.8, 4) is 0 Å². The largest absolute Gasteiger partial charge is 0.662 e. The predicted octanol–water partition coefficient (Wildman–Crippen LogP) is 1.31. The smallest absolute Gasteiger partial charge is 0.147 e. The van der Waals surface area contributed by atoms with Gasteiger partial charge in [-0.15, -0.1) is 13.1 Å². The molecule has 1 saturated heterocycles. The predicted molar refractivity (Wildman–Crippen MR) is 54.6 cm³/mol. The molecule has 1 unspecified atom stereocenters. The van der Waals surface area contributed by atoms with E-state index in [4.69, 9.17) is 0 Å². The summed E-state index contributed by atoms with van der Waals surface area (Å²) in [5.41, 5.74) is 0. The van der Waals surface area contributed by atoms with Gasteiger partial charge in [0.25, 0.3) is 0 Å². The van der Waals surface area contributed by atoms with Crippen molar-refractivity contribution < 1.29 is 39.5 Å². The fourth-order valence-corrected chi connectivity index (χ4v) is 3.13. The fraction of sp³-hybridized carbons (Fsp3) is 1.00. The Labute approximate surface area is 111 Å². The molecule has 0 bridgehead atoms. The Hall–Kier alpha value is 0.962. The average Bonchev–Trinajstić information content (AvgIpc) is 1.78. The molecule has 5 heteroatoms. The van der Waals surface area contributed by atoms with E-state index >= 15 is 0 Å². The minimum atomic E-state index is -2.83. The van der Waals surface area contributed by atoms with Crippen LogP contribution in [0.25, 0.3) is 5.32 Å². The van der Waals surface area contributed by atoms with Crippen LogP contribution in [0.5, 0.6) is 0 Å². The van der Waals surface area contributed by atoms with E-state index in [1.807, 2.05) is 0 Å². The van der Waals surface area contributed by atoms with Crippen LogP contribution in [-0.2, 0) is 9.84 Å². The first-order valence-corrected chi connectivity index (χ1v) is 6.77. The Morgan fingerprint density at radius 3 is 2.07 bits per heavy atom. The molecular weight excluding hydrogens is 424 g/mol. The van der Waals surface area contributed by atoms with Crippen molar-refractivity contribution in [2.45, 2.75) is 13.8 Å². The van der Waals surface area contributed by atoms with E-state index in [0.29, 0.717) is 23.5 Å². The molecule has 1 aliphatic rings. The van der Waals surface area contributed by atoms with Gasteiger partial charge < -0.3 is 5.32 Å². The van der Waals surface area contributed by atoms with Gasteiger partial charge in [-0.3, -0.25) is 0 Å². The Morgan fingerprint density at radius 1 is 1.36 bits per heavy atom. The summed E-state index contributed by atoms with van der Waals surface area (Å²) < 4.78 is 22.3. The van der Waals surface area contributed by atoms with Gasteiger partial charge in [0.1, 0.15) is 9.84 Å². The Bertz CT molecular complexity index is 260. The third-order valence-corrected chi connectivity index (χ3v) is 3.67. The van der Waals surface area contributed by atoms with Crippen LogP contribution in [0, 0.1) is 48.9 Å². The van der Waals surface area contributed by atoms with Crippen molar-refractivity contribution in [2.24, 2.45) is 17.8 Å². The van der Waals surface area contributed by atoms with E-state index in [2.05, 4.69) is 19.2 Å². The third kappa shape index (κ3) is 4.65. The van der Waals surface area contributed by atoms with Crippen molar-refractivity contribution in [3.05, 3.63) is 5.32 Å². The number of nitrogens with zero attached hydrogens (tertiary/aromatic N) is 1. The summed E-state index contributed by atoms with van der Waals surface area (Å²) >= 11 is 0. The second kappa shape index (κ2) is 5.89. The second-order valence-corrected chi connectivity index (χ2v) is 6.53. The molecule has 0 radical (unpaired) electrons. The number of hydrogen-bond acceptors (Lipinski definition) is 2. The molecular formula is C9H18NO2SU-. The maximum Gasteiger partial charge on any atom is 0.147 e. The zero-order chi connectivity index (χ0) is 10.1. The van der Waals surface area contributed by atoms with Crippen LogP contribution in [0.1, 0.15) is 13.8 Å². The van der Waals surface area contributed by atoms with Crippen molar-refractivity contribution in [3.63, 3.8) is 0 Å². The molecule has 14 heavy (non-hydrogen) atoms. The van der Waals surface area contributed by atoms with Crippen LogP contribution in [0.15, 0.2) is 0 Å². The quantitative estimate of drug-likeness (QED) is 0.660. The van der Waals surface area contributed by atoms with Gasteiger partial charge in [-0.1, -0.05) is 19.8 Å². The van der Waals surface area contributed by atoms with Gasteiger partial charge in [0.05, 0.1) is 5.75 Å². The molecule has 1 aliphatic heterocycles. The summed E-state index contributed by atoms with van der Waals surface area (Å²) in [4.78, 5) is 0. The molecule has 0 amide bonds. The van der Waals surface area contributed by atoms with Crippen molar-refractivity contribution in [2.75, 3.05) is 25.1 Å². The van der Waals surface area contributed by atoms with Crippen molar-refractivity contribution >= 4 is 9.84 Å². The molecule has 1 heterocycles. The molecule has 0 spiro atoms. The number of rotatable bonds is 4. The van der Waals surface area contributed by atoms with Crippen LogP contribution < -0.4 is 0 Å². The van der Waals surface area contributed by atoms with E-state index in [-0.39, 0.29) is 31.1 Å². The van der Waals surface area contributed by atoms with E-state index in [1.54, 1.807) is 0 Å². The maximum absolute atomic E-state index is 11.2. The van der Waals surface area contributed by atoms with Crippen molar-refractivity contribution in [1.82, 2.24) is 0 Å². The van der Waals surface area contributed by atoms with Crippen LogP contribution in [0.3, 0.4) is 0 Å². The molecule has 0 aromatic carbocycles. The Kier molecular flexibility index (Phi) is 6.29. The first-order valence-electron chi connectivity index (χ1n) is 4.71. The zero-order valence-corrected chi connectivity index (χ0v) is 14.0.